The van der Waals surface area contributed by atoms with Gasteiger partial charge < -0.3 is 61.6 Å². The summed E-state index contributed by atoms with van der Waals surface area (Å²) in [5.41, 5.74) is 6.93. The van der Waals surface area contributed by atoms with Crippen LogP contribution in [-0.4, -0.2) is 105 Å². The van der Waals surface area contributed by atoms with E-state index in [4.69, 9.17) is 61.6 Å². The summed E-state index contributed by atoms with van der Waals surface area (Å²) in [6.45, 7) is 7.45. The third-order valence-corrected chi connectivity index (χ3v) is 16.3. The van der Waals surface area contributed by atoms with Crippen LogP contribution in [0.3, 0.4) is 0 Å². The Kier molecular flexibility index (Phi) is 23.1. The van der Waals surface area contributed by atoms with Gasteiger partial charge in [-0.1, -0.05) is 231 Å². The van der Waals surface area contributed by atoms with Crippen LogP contribution in [0, 0.1) is 0 Å². The Bertz CT molecular complexity index is 3280. The molecule has 0 spiro atoms. The first-order valence-corrected chi connectivity index (χ1v) is 30.9. The molecule has 89 heavy (non-hydrogen) atoms. The van der Waals surface area contributed by atoms with Crippen molar-refractivity contribution in [2.24, 2.45) is 0 Å². The molecule has 3 aliphatic heterocycles. The Morgan fingerprint density at radius 2 is 0.607 bits per heavy atom. The summed E-state index contributed by atoms with van der Waals surface area (Å²) >= 11 is 0. The zero-order chi connectivity index (χ0) is 61.0. The minimum absolute atomic E-state index is 0.0664. The molecule has 15 atom stereocenters. The number of benzene rings is 8. The smallest absolute Gasteiger partial charge is 0.338 e. The van der Waals surface area contributed by atoms with E-state index in [9.17, 15) is 4.79 Å². The lowest BCUT2D eigenvalue weighted by Crippen LogP contribution is -2.67. The van der Waals surface area contributed by atoms with Gasteiger partial charge in [-0.2, -0.15) is 0 Å². The monoisotopic (exact) mass is 1200 g/mol. The van der Waals surface area contributed by atoms with E-state index in [1.807, 2.05) is 239 Å². The third-order valence-electron chi connectivity index (χ3n) is 16.3. The number of carbonyl (C=O) groups is 1. The van der Waals surface area contributed by atoms with Crippen LogP contribution in [0.25, 0.3) is 0 Å². The maximum atomic E-state index is 15.0. The number of hydrogen-bond donors (Lipinski definition) is 0. The van der Waals surface area contributed by atoms with Crippen LogP contribution in [0.15, 0.2) is 243 Å². The summed E-state index contributed by atoms with van der Waals surface area (Å²) in [5, 5.41) is 0. The van der Waals surface area contributed by atoms with Crippen molar-refractivity contribution in [1.82, 2.24) is 0 Å². The van der Waals surface area contributed by atoms with Crippen molar-refractivity contribution >= 4 is 5.97 Å². The number of esters is 1. The zero-order valence-corrected chi connectivity index (χ0v) is 50.6. The van der Waals surface area contributed by atoms with Crippen molar-refractivity contribution in [3.63, 3.8) is 0 Å². The van der Waals surface area contributed by atoms with E-state index in [-0.39, 0.29) is 46.2 Å². The number of carbonyl (C=O) groups excluding carboxylic acids is 1. The van der Waals surface area contributed by atoms with E-state index in [0.717, 1.165) is 38.9 Å². The van der Waals surface area contributed by atoms with E-state index >= 15 is 0 Å². The molecule has 3 aliphatic rings. The highest BCUT2D eigenvalue weighted by atomic mass is 16.8. The van der Waals surface area contributed by atoms with Crippen molar-refractivity contribution in [1.29, 1.82) is 0 Å². The lowest BCUT2D eigenvalue weighted by atomic mass is 9.94. The average Bonchev–Trinajstić information content (AvgIpc) is 2.01. The minimum Gasteiger partial charge on any atom is -0.450 e. The fraction of sp³-hybridized carbons (Fsp3) is 0.347. The van der Waals surface area contributed by atoms with Crippen LogP contribution in [0.2, 0.25) is 0 Å². The van der Waals surface area contributed by atoms with Gasteiger partial charge in [-0.25, -0.2) is 4.79 Å². The predicted molar refractivity (Wildman–Crippen MR) is 335 cm³/mol. The lowest BCUT2D eigenvalue weighted by Gasteiger charge is -2.51. The molecule has 3 heterocycles. The maximum absolute atomic E-state index is 15.0. The maximum Gasteiger partial charge on any atom is 0.338 e. The Hall–Kier alpha value is -7.25. The van der Waals surface area contributed by atoms with Gasteiger partial charge in [-0.15, -0.1) is 0 Å². The fourth-order valence-electron chi connectivity index (χ4n) is 11.6. The van der Waals surface area contributed by atoms with Crippen molar-refractivity contribution in [2.75, 3.05) is 6.61 Å². The van der Waals surface area contributed by atoms with Gasteiger partial charge in [0, 0.05) is 0 Å². The van der Waals surface area contributed by atoms with Gasteiger partial charge in [0.05, 0.1) is 76.7 Å². The second-order valence-electron chi connectivity index (χ2n) is 22.8. The highest BCUT2D eigenvalue weighted by Gasteiger charge is 2.57. The molecule has 8 aromatic rings. The van der Waals surface area contributed by atoms with Crippen LogP contribution in [-0.2, 0) is 108 Å². The molecule has 11 rings (SSSR count). The first-order valence-electron chi connectivity index (χ1n) is 30.9. The Labute approximate surface area is 522 Å². The number of ether oxygens (including phenoxy) is 13. The molecule has 0 bridgehead atoms. The van der Waals surface area contributed by atoms with Gasteiger partial charge in [0.1, 0.15) is 54.9 Å². The van der Waals surface area contributed by atoms with Crippen molar-refractivity contribution in [3.05, 3.63) is 287 Å². The molecule has 14 heteroatoms. The van der Waals surface area contributed by atoms with Crippen molar-refractivity contribution in [2.45, 2.75) is 159 Å². The van der Waals surface area contributed by atoms with Crippen LogP contribution in [0.4, 0.5) is 0 Å². The quantitative estimate of drug-likeness (QED) is 0.0430. The van der Waals surface area contributed by atoms with E-state index in [2.05, 4.69) is 0 Å². The lowest BCUT2D eigenvalue weighted by molar-refractivity contribution is -0.381. The molecule has 0 aliphatic carbocycles. The average molecular weight is 1210 g/mol. The van der Waals surface area contributed by atoms with Crippen molar-refractivity contribution in [3.8, 4) is 0 Å². The molecule has 3 saturated heterocycles. The molecule has 464 valence electrons. The van der Waals surface area contributed by atoms with E-state index in [1.54, 1.807) is 24.3 Å². The molecular weight excluding hydrogens is 1120 g/mol. The molecule has 0 aromatic heterocycles. The summed E-state index contributed by atoms with van der Waals surface area (Å²) in [4.78, 5) is 15.0. The molecule has 8 aromatic carbocycles. The summed E-state index contributed by atoms with van der Waals surface area (Å²) < 4.78 is 91.9. The van der Waals surface area contributed by atoms with Crippen molar-refractivity contribution < 1.29 is 66.4 Å². The largest absolute Gasteiger partial charge is 0.450 e. The fourth-order valence-corrected chi connectivity index (χ4v) is 11.6. The molecule has 0 N–H and O–H groups in total. The Morgan fingerprint density at radius 3 is 1.03 bits per heavy atom. The number of rotatable bonds is 28. The second-order valence-corrected chi connectivity index (χ2v) is 22.8. The first kappa shape index (κ1) is 63.3. The van der Waals surface area contributed by atoms with Crippen LogP contribution in [0.5, 0.6) is 0 Å². The van der Waals surface area contributed by atoms with E-state index in [1.165, 1.54) is 0 Å². The van der Waals surface area contributed by atoms with Gasteiger partial charge in [0.25, 0.3) is 0 Å². The summed E-state index contributed by atoms with van der Waals surface area (Å²) in [7, 11) is 0. The van der Waals surface area contributed by atoms with Gasteiger partial charge in [-0.3, -0.25) is 0 Å². The van der Waals surface area contributed by atoms with Gasteiger partial charge in [-0.05, 0) is 71.8 Å². The Balaban J connectivity index is 1.00. The molecule has 6 unspecified atom stereocenters. The topological polar surface area (TPSA) is 137 Å². The van der Waals surface area contributed by atoms with Gasteiger partial charge in [0.2, 0.25) is 0 Å². The van der Waals surface area contributed by atoms with Crippen LogP contribution in [0.1, 0.15) is 70.1 Å². The standard InChI is InChI=1S/C75H80O14/c1-52-64(78-45-56-30-14-5-15-31-56)68(81-48-59-36-20-8-21-37-59)66(54(3)84-52)88-75-72(87-73(76)62-42-26-11-27-43-62)70(65(53(2)85-75)79-46-57-32-16-6-17-33-57)89-74-71(83-50-61-40-24-10-25-41-61)69(82-49-60-38-22-9-23-39-60)67(80-47-58-34-18-7-19-35-58)63(86-74)51-77-44-55-28-12-4-13-29-55/h4-43,52-54,63-72,74-75H,44-51H2,1-3H3/t52?,53?,54-,63-,64-,65-,66?,67+,68-,69?,70-,71?,72?,74+,75-/m0/s1. The molecular formula is C75H80O14. The molecule has 0 radical (unpaired) electrons. The molecule has 3 fully saturated rings. The summed E-state index contributed by atoms with van der Waals surface area (Å²) in [6, 6.07) is 78.4. The molecule has 0 amide bonds. The third kappa shape index (κ3) is 17.6. The Morgan fingerprint density at radius 1 is 0.303 bits per heavy atom. The van der Waals surface area contributed by atoms with Crippen LogP contribution >= 0.6 is 0 Å². The second kappa shape index (κ2) is 32.5. The zero-order valence-electron chi connectivity index (χ0n) is 50.6. The molecule has 0 saturated carbocycles. The molecule has 14 nitrogen and oxygen atoms in total. The summed E-state index contributed by atoms with van der Waals surface area (Å²) in [5.74, 6) is -0.646. The first-order chi connectivity index (χ1) is 43.8. The minimum atomic E-state index is -1.36. The van der Waals surface area contributed by atoms with Gasteiger partial charge >= 0.3 is 5.97 Å². The summed E-state index contributed by atoms with van der Waals surface area (Å²) in [6.07, 6.45) is -13.5. The highest BCUT2D eigenvalue weighted by molar-refractivity contribution is 5.89. The SMILES string of the molecule is CC1O[C@@H](OC2[C@H](C)OC(C)[C@H](OCc3ccccc3)[C@@H]2OCc2ccccc2)C(OC(=O)c2ccccc2)[C@@H](O[C@H]2O[C@@H](COCc3ccccc3)[C@@H](OCc3ccccc3)C(OCc3ccccc3)C2OCc2ccccc2)[C@H]1OCc1ccccc1. The predicted octanol–water partition coefficient (Wildman–Crippen LogP) is 13.0. The highest BCUT2D eigenvalue weighted by Crippen LogP contribution is 2.39. The van der Waals surface area contributed by atoms with Crippen LogP contribution < -0.4 is 0 Å². The van der Waals surface area contributed by atoms with Gasteiger partial charge in [0.15, 0.2) is 18.7 Å². The van der Waals surface area contributed by atoms with E-state index < -0.39 is 97.9 Å². The normalized spacial score (nSPS) is 26.9. The number of hydrogen-bond acceptors (Lipinski definition) is 14. The van der Waals surface area contributed by atoms with E-state index in [0.29, 0.717) is 12.2 Å².